The van der Waals surface area contributed by atoms with E-state index in [2.05, 4.69) is 20.6 Å². The molecule has 96 valence electrons. The summed E-state index contributed by atoms with van der Waals surface area (Å²) in [7, 11) is 0. The fraction of sp³-hybridized carbons (Fsp3) is 0.400. The van der Waals surface area contributed by atoms with Gasteiger partial charge in [-0.25, -0.2) is 0 Å². The molecule has 8 nitrogen and oxygen atoms in total. The van der Waals surface area contributed by atoms with Crippen LogP contribution in [0.3, 0.4) is 0 Å². The van der Waals surface area contributed by atoms with Crippen LogP contribution in [0.5, 0.6) is 0 Å². The number of carbonyl (C=O) groups excluding carboxylic acids is 1. The van der Waals surface area contributed by atoms with Crippen molar-refractivity contribution in [2.75, 3.05) is 11.1 Å². The molecule has 8 heteroatoms. The lowest BCUT2D eigenvalue weighted by atomic mass is 10.3. The van der Waals surface area contributed by atoms with Crippen molar-refractivity contribution in [2.45, 2.75) is 27.3 Å². The van der Waals surface area contributed by atoms with Crippen molar-refractivity contribution in [1.82, 2.24) is 19.9 Å². The van der Waals surface area contributed by atoms with Crippen molar-refractivity contribution >= 4 is 17.6 Å². The lowest BCUT2D eigenvalue weighted by Crippen LogP contribution is -2.19. The topological polar surface area (TPSA) is 112 Å². The molecule has 0 radical (unpaired) electrons. The maximum Gasteiger partial charge on any atom is 0.328 e. The second kappa shape index (κ2) is 4.47. The van der Waals surface area contributed by atoms with Crippen LogP contribution in [0.4, 0.5) is 11.7 Å². The van der Waals surface area contributed by atoms with Crippen LogP contribution in [-0.2, 0) is 6.54 Å². The molecule has 0 unspecified atom stereocenters. The maximum atomic E-state index is 12.1. The van der Waals surface area contributed by atoms with E-state index in [0.29, 0.717) is 29.4 Å². The van der Waals surface area contributed by atoms with Gasteiger partial charge in [0.05, 0.1) is 11.4 Å². The van der Waals surface area contributed by atoms with Crippen LogP contribution in [0.1, 0.15) is 28.9 Å². The van der Waals surface area contributed by atoms with Gasteiger partial charge in [-0.2, -0.15) is 10.1 Å². The minimum Gasteiger partial charge on any atom is -0.395 e. The summed E-state index contributed by atoms with van der Waals surface area (Å²) < 4.78 is 6.34. The van der Waals surface area contributed by atoms with Crippen molar-refractivity contribution in [3.8, 4) is 0 Å². The highest BCUT2D eigenvalue weighted by atomic mass is 16.5. The van der Waals surface area contributed by atoms with Crippen molar-refractivity contribution in [3.05, 3.63) is 17.2 Å². The largest absolute Gasteiger partial charge is 0.395 e. The number of anilines is 2. The smallest absolute Gasteiger partial charge is 0.328 e. The van der Waals surface area contributed by atoms with Crippen molar-refractivity contribution in [3.63, 3.8) is 0 Å². The van der Waals surface area contributed by atoms with Crippen molar-refractivity contribution < 1.29 is 9.32 Å². The Kier molecular flexibility index (Phi) is 3.00. The molecule has 0 aliphatic rings. The first-order valence-electron chi connectivity index (χ1n) is 5.47. The van der Waals surface area contributed by atoms with Gasteiger partial charge in [-0.3, -0.25) is 14.8 Å². The average molecular weight is 250 g/mol. The average Bonchev–Trinajstić information content (AvgIpc) is 2.84. The predicted molar refractivity (Wildman–Crippen MR) is 64.0 cm³/mol. The molecular weight excluding hydrogens is 236 g/mol. The molecule has 1 amide bonds. The highest BCUT2D eigenvalue weighted by Crippen LogP contribution is 2.17. The van der Waals surface area contributed by atoms with Gasteiger partial charge in [0.1, 0.15) is 5.69 Å². The van der Waals surface area contributed by atoms with Gasteiger partial charge in [0.2, 0.25) is 0 Å². The Morgan fingerprint density at radius 2 is 2.22 bits per heavy atom. The molecule has 18 heavy (non-hydrogen) atoms. The van der Waals surface area contributed by atoms with E-state index >= 15 is 0 Å². The van der Waals surface area contributed by atoms with Crippen LogP contribution in [0, 0.1) is 13.8 Å². The molecule has 2 aromatic heterocycles. The number of hydrogen-bond acceptors (Lipinski definition) is 6. The van der Waals surface area contributed by atoms with Gasteiger partial charge in [-0.1, -0.05) is 5.16 Å². The molecule has 0 saturated carbocycles. The Bertz CT molecular complexity index is 585. The van der Waals surface area contributed by atoms with Gasteiger partial charge < -0.3 is 10.3 Å². The molecule has 0 fully saturated rings. The van der Waals surface area contributed by atoms with Gasteiger partial charge in [0, 0.05) is 6.54 Å². The van der Waals surface area contributed by atoms with Crippen molar-refractivity contribution in [1.29, 1.82) is 0 Å². The number of rotatable bonds is 3. The summed E-state index contributed by atoms with van der Waals surface area (Å²) in [6, 6.07) is 0.0402. The zero-order valence-corrected chi connectivity index (χ0v) is 10.4. The third kappa shape index (κ3) is 2.04. The number of carbonyl (C=O) groups is 1. The van der Waals surface area contributed by atoms with E-state index < -0.39 is 5.91 Å². The quantitative estimate of drug-likeness (QED) is 0.830. The normalized spacial score (nSPS) is 10.6. The Morgan fingerprint density at radius 1 is 1.50 bits per heavy atom. The van der Waals surface area contributed by atoms with E-state index in [1.165, 1.54) is 4.68 Å². The van der Waals surface area contributed by atoms with E-state index in [1.54, 1.807) is 13.8 Å². The maximum absolute atomic E-state index is 12.1. The zero-order chi connectivity index (χ0) is 13.3. The SMILES string of the molecule is CCn1nc(C)c(N)c1C(=O)Nc1nc(C)no1. The summed E-state index contributed by atoms with van der Waals surface area (Å²) in [6.07, 6.45) is 0. The van der Waals surface area contributed by atoms with Crippen LogP contribution in [0.25, 0.3) is 0 Å². The van der Waals surface area contributed by atoms with Crippen LogP contribution >= 0.6 is 0 Å². The van der Waals surface area contributed by atoms with Gasteiger partial charge in [0.25, 0.3) is 5.91 Å². The van der Waals surface area contributed by atoms with E-state index in [4.69, 9.17) is 10.3 Å². The van der Waals surface area contributed by atoms with Gasteiger partial charge in [-0.05, 0) is 20.8 Å². The van der Waals surface area contributed by atoms with E-state index in [0.717, 1.165) is 0 Å². The molecule has 0 spiro atoms. The molecule has 0 aliphatic heterocycles. The number of aromatic nitrogens is 4. The lowest BCUT2D eigenvalue weighted by molar-refractivity contribution is 0.101. The van der Waals surface area contributed by atoms with Crippen LogP contribution in [-0.4, -0.2) is 25.8 Å². The Balaban J connectivity index is 2.28. The first-order valence-corrected chi connectivity index (χ1v) is 5.47. The second-order valence-corrected chi connectivity index (χ2v) is 3.76. The molecule has 0 saturated heterocycles. The molecule has 0 aromatic carbocycles. The Morgan fingerprint density at radius 3 is 2.78 bits per heavy atom. The number of nitrogens with one attached hydrogen (secondary N) is 1. The molecular formula is C10H14N6O2. The van der Waals surface area contributed by atoms with Gasteiger partial charge >= 0.3 is 6.01 Å². The van der Waals surface area contributed by atoms with E-state index in [9.17, 15) is 4.79 Å². The summed E-state index contributed by atoms with van der Waals surface area (Å²) in [5.41, 5.74) is 7.09. The second-order valence-electron chi connectivity index (χ2n) is 3.76. The van der Waals surface area contributed by atoms with E-state index in [1.807, 2.05) is 6.92 Å². The summed E-state index contributed by atoms with van der Waals surface area (Å²) in [5.74, 6) is 0.0250. The lowest BCUT2D eigenvalue weighted by Gasteiger charge is -2.04. The van der Waals surface area contributed by atoms with E-state index in [-0.39, 0.29) is 6.01 Å². The minimum atomic E-state index is -0.418. The van der Waals surface area contributed by atoms with Gasteiger partial charge in [0.15, 0.2) is 5.82 Å². The van der Waals surface area contributed by atoms with Crippen LogP contribution in [0.15, 0.2) is 4.52 Å². The fourth-order valence-electron chi connectivity index (χ4n) is 1.57. The summed E-state index contributed by atoms with van der Waals surface area (Å²) in [4.78, 5) is 15.9. The molecule has 0 aliphatic carbocycles. The number of aryl methyl sites for hydroxylation is 3. The molecule has 0 atom stereocenters. The Hall–Kier alpha value is -2.38. The van der Waals surface area contributed by atoms with Crippen LogP contribution < -0.4 is 11.1 Å². The monoisotopic (exact) mass is 250 g/mol. The molecule has 2 rings (SSSR count). The highest BCUT2D eigenvalue weighted by molar-refractivity contribution is 6.05. The number of hydrogen-bond donors (Lipinski definition) is 2. The Labute approximate surface area is 103 Å². The van der Waals surface area contributed by atoms with Crippen LogP contribution in [0.2, 0.25) is 0 Å². The molecule has 2 heterocycles. The standard InChI is InChI=1S/C10H14N6O2/c1-4-16-8(7(11)5(2)14-16)9(17)13-10-12-6(3)15-18-10/h4,11H2,1-3H3,(H,12,13,15,17). The summed E-state index contributed by atoms with van der Waals surface area (Å²) >= 11 is 0. The molecule has 0 bridgehead atoms. The minimum absolute atomic E-state index is 0.0402. The first kappa shape index (κ1) is 12.1. The summed E-state index contributed by atoms with van der Waals surface area (Å²) in [6.45, 7) is 5.83. The highest BCUT2D eigenvalue weighted by Gasteiger charge is 2.20. The third-order valence-corrected chi connectivity index (χ3v) is 2.44. The number of nitrogen functional groups attached to an aromatic ring is 1. The molecule has 3 N–H and O–H groups in total. The fourth-order valence-corrected chi connectivity index (χ4v) is 1.57. The third-order valence-electron chi connectivity index (χ3n) is 2.44. The first-order chi connectivity index (χ1) is 8.52. The zero-order valence-electron chi connectivity index (χ0n) is 10.4. The molecule has 2 aromatic rings. The van der Waals surface area contributed by atoms with Gasteiger partial charge in [-0.15, -0.1) is 0 Å². The number of nitrogens with two attached hydrogens (primary N) is 1. The predicted octanol–water partition coefficient (Wildman–Crippen LogP) is 0.737. The number of amides is 1. The van der Waals surface area contributed by atoms with Crippen molar-refractivity contribution in [2.24, 2.45) is 0 Å². The number of nitrogens with zero attached hydrogens (tertiary/aromatic N) is 4. The summed E-state index contributed by atoms with van der Waals surface area (Å²) in [5, 5.41) is 10.2.